The Morgan fingerprint density at radius 1 is 1.24 bits per heavy atom. The van der Waals surface area contributed by atoms with Crippen molar-refractivity contribution in [3.05, 3.63) is 36.0 Å². The van der Waals surface area contributed by atoms with Crippen LogP contribution in [0, 0.1) is 11.8 Å². The second-order valence-corrected chi connectivity index (χ2v) is 14.8. The van der Waals surface area contributed by atoms with Crippen molar-refractivity contribution in [3.8, 4) is 0 Å². The van der Waals surface area contributed by atoms with E-state index in [-0.39, 0.29) is 55.5 Å². The van der Waals surface area contributed by atoms with Crippen molar-refractivity contribution in [1.82, 2.24) is 10.2 Å². The van der Waals surface area contributed by atoms with Gasteiger partial charge in [0.15, 0.2) is 0 Å². The van der Waals surface area contributed by atoms with Crippen molar-refractivity contribution in [2.24, 2.45) is 11.8 Å². The summed E-state index contributed by atoms with van der Waals surface area (Å²) >= 11 is 0. The number of nitrogens with one attached hydrogen (secondary N) is 1. The van der Waals surface area contributed by atoms with E-state index in [1.54, 1.807) is 51.3 Å². The monoisotopic (exact) mass is 708 g/mol. The molecule has 11 unspecified atom stereocenters. The minimum absolute atomic E-state index is 0.0518. The Morgan fingerprint density at radius 2 is 1.94 bits per heavy atom. The Hall–Kier alpha value is -2.16. The lowest BCUT2D eigenvalue weighted by molar-refractivity contribution is -0.157. The van der Waals surface area contributed by atoms with Crippen LogP contribution >= 0.6 is 0 Å². The summed E-state index contributed by atoms with van der Waals surface area (Å²) in [6.07, 6.45) is 7.59. The van der Waals surface area contributed by atoms with E-state index in [9.17, 15) is 24.9 Å². The number of carbonyl (C=O) groups excluding carboxylic acids is 2. The number of ether oxygens (including phenoxy) is 5. The van der Waals surface area contributed by atoms with Crippen molar-refractivity contribution in [1.29, 1.82) is 0 Å². The highest BCUT2D eigenvalue weighted by Gasteiger charge is 2.54. The quantitative estimate of drug-likeness (QED) is 0.0649. The van der Waals surface area contributed by atoms with E-state index in [1.165, 1.54) is 6.92 Å². The van der Waals surface area contributed by atoms with Crippen LogP contribution < -0.4 is 5.32 Å². The molecular formula is C38H64N2O10. The first-order valence-electron chi connectivity index (χ1n) is 18.3. The van der Waals surface area contributed by atoms with Crippen LogP contribution in [0.3, 0.4) is 0 Å². The molecule has 286 valence electrons. The van der Waals surface area contributed by atoms with Crippen LogP contribution in [0.5, 0.6) is 0 Å². The molecule has 11 atom stereocenters. The fourth-order valence-corrected chi connectivity index (χ4v) is 7.06. The summed E-state index contributed by atoms with van der Waals surface area (Å²) in [5.41, 5.74) is -2.03. The third-order valence-corrected chi connectivity index (χ3v) is 10.3. The molecule has 12 nitrogen and oxygen atoms in total. The normalized spacial score (nSPS) is 33.4. The van der Waals surface area contributed by atoms with E-state index < -0.39 is 41.5 Å². The maximum Gasteiger partial charge on any atom is 0.309 e. The molecule has 0 aromatic rings. The summed E-state index contributed by atoms with van der Waals surface area (Å²) in [6, 6.07) is -0.382. The van der Waals surface area contributed by atoms with Crippen LogP contribution in [0.1, 0.15) is 80.6 Å². The number of rotatable bonds is 15. The van der Waals surface area contributed by atoms with Gasteiger partial charge in [-0.2, -0.15) is 0 Å². The van der Waals surface area contributed by atoms with Gasteiger partial charge in [0, 0.05) is 39.0 Å². The number of hydrogen-bond acceptors (Lipinski definition) is 12. The zero-order chi connectivity index (χ0) is 37.1. The number of nitrogens with zero attached hydrogens (tertiary/aromatic N) is 1. The first kappa shape index (κ1) is 42.3. The SMILES string of the molecule is CCC(OC)C(C)C1OC1C(NCCCN1CCOCC1)C(C)(O)C=CC=C(C)C1OC(=O)CC(O)CCC(C)(O)C(OC(C)=O)C=CC1C. The molecule has 0 radical (unpaired) electrons. The molecule has 4 N–H and O–H groups in total. The third-order valence-electron chi connectivity index (χ3n) is 10.3. The highest BCUT2D eigenvalue weighted by Crippen LogP contribution is 2.39. The van der Waals surface area contributed by atoms with Crippen LogP contribution in [-0.2, 0) is 33.3 Å². The molecule has 3 rings (SSSR count). The average Bonchev–Trinajstić information content (AvgIpc) is 3.85. The van der Waals surface area contributed by atoms with E-state index in [1.807, 2.05) is 13.8 Å². The van der Waals surface area contributed by atoms with Crippen molar-refractivity contribution in [3.63, 3.8) is 0 Å². The number of hydrogen-bond donors (Lipinski definition) is 4. The molecule has 0 aromatic heterocycles. The first-order valence-corrected chi connectivity index (χ1v) is 18.3. The molecule has 0 amide bonds. The minimum Gasteiger partial charge on any atom is -0.457 e. The highest BCUT2D eigenvalue weighted by atomic mass is 16.6. The largest absolute Gasteiger partial charge is 0.457 e. The Labute approximate surface area is 299 Å². The van der Waals surface area contributed by atoms with Crippen LogP contribution in [0.2, 0.25) is 0 Å². The predicted molar refractivity (Wildman–Crippen MR) is 190 cm³/mol. The molecule has 2 saturated heterocycles. The number of carbonyl (C=O) groups is 2. The number of esters is 2. The fourth-order valence-electron chi connectivity index (χ4n) is 7.06. The summed E-state index contributed by atoms with van der Waals surface area (Å²) < 4.78 is 28.7. The summed E-state index contributed by atoms with van der Waals surface area (Å²) in [6.45, 7) is 17.5. The van der Waals surface area contributed by atoms with Crippen molar-refractivity contribution in [2.45, 2.75) is 134 Å². The molecule has 0 aliphatic carbocycles. The molecule has 12 heteroatoms. The lowest BCUT2D eigenvalue weighted by atomic mass is 9.87. The number of epoxide rings is 1. The number of morpholine rings is 1. The van der Waals surface area contributed by atoms with Crippen molar-refractivity contribution in [2.75, 3.05) is 46.5 Å². The Balaban J connectivity index is 1.80. The molecule has 0 bridgehead atoms. The van der Waals surface area contributed by atoms with Crippen LogP contribution in [-0.4, -0.2) is 133 Å². The minimum atomic E-state index is -1.45. The standard InChI is InChI=1S/C38H64N2O10/c1-9-30(46-8)27(4)34-35(50-34)36(39-18-11-19-40-20-22-47-23-21-40)38(7,45)16-10-12-25(2)33-26(3)13-14-31(48-28(5)41)37(6,44)17-15-29(42)24-32(43)49-33/h10,12-14,16,26-27,29-31,33-36,39,42,44-45H,9,11,15,17-24H2,1-8H3. The molecule has 0 spiro atoms. The number of aliphatic hydroxyl groups excluding tert-OH is 1. The van der Waals surface area contributed by atoms with Gasteiger partial charge in [-0.05, 0) is 71.2 Å². The Bertz CT molecular complexity index is 1160. The van der Waals surface area contributed by atoms with E-state index in [4.69, 9.17) is 23.7 Å². The smallest absolute Gasteiger partial charge is 0.309 e. The average molecular weight is 709 g/mol. The fraction of sp³-hybridized carbons (Fsp3) is 0.789. The molecule has 3 aliphatic rings. The lowest BCUT2D eigenvalue weighted by Gasteiger charge is -2.32. The predicted octanol–water partition coefficient (Wildman–Crippen LogP) is 3.08. The van der Waals surface area contributed by atoms with Gasteiger partial charge in [0.05, 0.1) is 49.6 Å². The number of aliphatic hydroxyl groups is 3. The molecule has 0 aromatic carbocycles. The summed E-state index contributed by atoms with van der Waals surface area (Å²) in [7, 11) is 1.72. The zero-order valence-corrected chi connectivity index (χ0v) is 31.5. The number of cyclic esters (lactones) is 1. The maximum atomic E-state index is 12.9. The van der Waals surface area contributed by atoms with Gasteiger partial charge in [-0.15, -0.1) is 0 Å². The van der Waals surface area contributed by atoms with Gasteiger partial charge in [0.2, 0.25) is 0 Å². The molecule has 50 heavy (non-hydrogen) atoms. The zero-order valence-electron chi connectivity index (χ0n) is 31.5. The topological polar surface area (TPSA) is 160 Å². The van der Waals surface area contributed by atoms with E-state index in [2.05, 4.69) is 24.1 Å². The van der Waals surface area contributed by atoms with Gasteiger partial charge >= 0.3 is 11.9 Å². The van der Waals surface area contributed by atoms with Gasteiger partial charge in [-0.25, -0.2) is 0 Å². The maximum absolute atomic E-state index is 12.9. The lowest BCUT2D eigenvalue weighted by Crippen LogP contribution is -2.53. The first-order chi connectivity index (χ1) is 23.6. The molecule has 0 saturated carbocycles. The van der Waals surface area contributed by atoms with Crippen molar-refractivity contribution >= 4 is 11.9 Å². The molecule has 3 heterocycles. The summed E-state index contributed by atoms with van der Waals surface area (Å²) in [5, 5.41) is 37.1. The highest BCUT2D eigenvalue weighted by molar-refractivity contribution is 5.70. The van der Waals surface area contributed by atoms with Crippen molar-refractivity contribution < 1.29 is 48.6 Å². The van der Waals surface area contributed by atoms with Gasteiger partial charge in [-0.1, -0.05) is 45.1 Å². The Morgan fingerprint density at radius 3 is 2.58 bits per heavy atom. The number of allylic oxidation sites excluding steroid dienone is 2. The summed E-state index contributed by atoms with van der Waals surface area (Å²) in [4.78, 5) is 27.1. The second-order valence-electron chi connectivity index (χ2n) is 14.8. The second kappa shape index (κ2) is 19.6. The molecule has 3 aliphatic heterocycles. The van der Waals surface area contributed by atoms with Crippen LogP contribution in [0.15, 0.2) is 36.0 Å². The molecular weight excluding hydrogens is 644 g/mol. The molecule has 2 fully saturated rings. The van der Waals surface area contributed by atoms with Gasteiger partial charge < -0.3 is 44.3 Å². The van der Waals surface area contributed by atoms with Crippen LogP contribution in [0.4, 0.5) is 0 Å². The van der Waals surface area contributed by atoms with Gasteiger partial charge in [0.1, 0.15) is 23.9 Å². The van der Waals surface area contributed by atoms with Crippen LogP contribution in [0.25, 0.3) is 0 Å². The Kier molecular flexibility index (Phi) is 16.6. The van der Waals surface area contributed by atoms with E-state index >= 15 is 0 Å². The van der Waals surface area contributed by atoms with E-state index in [0.717, 1.165) is 45.7 Å². The van der Waals surface area contributed by atoms with E-state index in [0.29, 0.717) is 12.1 Å². The number of methoxy groups -OCH3 is 1. The third kappa shape index (κ3) is 12.8. The van der Waals surface area contributed by atoms with Gasteiger partial charge in [0.25, 0.3) is 0 Å². The summed E-state index contributed by atoms with van der Waals surface area (Å²) in [5.74, 6) is -1.31. The van der Waals surface area contributed by atoms with Gasteiger partial charge in [-0.3, -0.25) is 14.5 Å².